The van der Waals surface area contributed by atoms with Gasteiger partial charge in [-0.3, -0.25) is 4.90 Å². The highest BCUT2D eigenvalue weighted by atomic mass is 79.9. The van der Waals surface area contributed by atoms with Crippen molar-refractivity contribution in [1.29, 1.82) is 0 Å². The molecule has 0 unspecified atom stereocenters. The molecule has 5 nitrogen and oxygen atoms in total. The van der Waals surface area contributed by atoms with Crippen molar-refractivity contribution in [2.75, 3.05) is 18.6 Å². The van der Waals surface area contributed by atoms with Gasteiger partial charge in [-0.15, -0.1) is 0 Å². The molecule has 0 saturated heterocycles. The Kier molecular flexibility index (Phi) is 4.27. The number of ether oxygens (including phenoxy) is 2. The number of benzene rings is 1. The van der Waals surface area contributed by atoms with Gasteiger partial charge >= 0.3 is 12.1 Å². The van der Waals surface area contributed by atoms with E-state index in [9.17, 15) is 9.59 Å². The van der Waals surface area contributed by atoms with Crippen molar-refractivity contribution in [3.63, 3.8) is 0 Å². The third-order valence-electron chi connectivity index (χ3n) is 3.08. The minimum absolute atomic E-state index is 0.395. The van der Waals surface area contributed by atoms with Crippen LogP contribution in [0.1, 0.15) is 36.7 Å². The summed E-state index contributed by atoms with van der Waals surface area (Å²) in [5, 5.41) is 0. The first-order chi connectivity index (χ1) is 9.73. The lowest BCUT2D eigenvalue weighted by atomic mass is 10.1. The number of rotatable bonds is 1. The summed E-state index contributed by atoms with van der Waals surface area (Å²) in [6, 6.07) is 3.52. The number of fused-ring (bicyclic) bond motifs is 1. The van der Waals surface area contributed by atoms with E-state index in [-0.39, 0.29) is 0 Å². The van der Waals surface area contributed by atoms with Crippen molar-refractivity contribution in [2.24, 2.45) is 0 Å². The van der Waals surface area contributed by atoms with Crippen molar-refractivity contribution >= 4 is 33.7 Å². The normalized spacial score (nSPS) is 13.9. The van der Waals surface area contributed by atoms with E-state index in [1.54, 1.807) is 11.0 Å². The molecule has 2 rings (SSSR count). The fraction of sp³-hybridized carbons (Fsp3) is 0.467. The molecule has 0 aromatic heterocycles. The molecule has 0 aliphatic carbocycles. The number of methoxy groups -OCH3 is 1. The summed E-state index contributed by atoms with van der Waals surface area (Å²) in [5.41, 5.74) is 1.54. The van der Waals surface area contributed by atoms with Gasteiger partial charge < -0.3 is 9.47 Å². The van der Waals surface area contributed by atoms with Crippen LogP contribution in [0, 0.1) is 0 Å². The summed E-state index contributed by atoms with van der Waals surface area (Å²) >= 11 is 3.36. The Morgan fingerprint density at radius 2 is 1.95 bits per heavy atom. The zero-order valence-electron chi connectivity index (χ0n) is 12.5. The van der Waals surface area contributed by atoms with Gasteiger partial charge in [0.2, 0.25) is 0 Å². The molecular weight excluding hydrogens is 338 g/mol. The molecule has 1 heterocycles. The van der Waals surface area contributed by atoms with Gasteiger partial charge in [0.1, 0.15) is 5.60 Å². The summed E-state index contributed by atoms with van der Waals surface area (Å²) in [4.78, 5) is 25.5. The van der Waals surface area contributed by atoms with E-state index >= 15 is 0 Å². The van der Waals surface area contributed by atoms with E-state index in [0.29, 0.717) is 22.3 Å². The Bertz CT molecular complexity index is 592. The van der Waals surface area contributed by atoms with Crippen LogP contribution in [-0.2, 0) is 15.9 Å². The Balaban J connectivity index is 2.35. The number of hydrogen-bond donors (Lipinski definition) is 0. The van der Waals surface area contributed by atoms with Crippen LogP contribution in [-0.4, -0.2) is 31.3 Å². The second-order valence-corrected chi connectivity index (χ2v) is 6.69. The van der Waals surface area contributed by atoms with Crippen LogP contribution in [0.4, 0.5) is 10.5 Å². The molecule has 114 valence electrons. The second kappa shape index (κ2) is 5.67. The van der Waals surface area contributed by atoms with Crippen LogP contribution in [0.3, 0.4) is 0 Å². The first-order valence-electron chi connectivity index (χ1n) is 6.64. The van der Waals surface area contributed by atoms with E-state index < -0.39 is 17.7 Å². The third kappa shape index (κ3) is 3.37. The third-order valence-corrected chi connectivity index (χ3v) is 3.74. The van der Waals surface area contributed by atoms with Crippen molar-refractivity contribution in [1.82, 2.24) is 0 Å². The van der Waals surface area contributed by atoms with Gasteiger partial charge in [0.05, 0.1) is 18.4 Å². The van der Waals surface area contributed by atoms with E-state index in [1.165, 1.54) is 7.11 Å². The lowest BCUT2D eigenvalue weighted by Crippen LogP contribution is -2.35. The molecule has 0 spiro atoms. The summed E-state index contributed by atoms with van der Waals surface area (Å²) in [6.07, 6.45) is 0.327. The number of carbonyl (C=O) groups excluding carboxylic acids is 2. The molecule has 21 heavy (non-hydrogen) atoms. The molecule has 1 aliphatic heterocycles. The molecule has 0 N–H and O–H groups in total. The van der Waals surface area contributed by atoms with Gasteiger partial charge in [-0.05, 0) is 60.8 Å². The van der Waals surface area contributed by atoms with Crippen LogP contribution < -0.4 is 4.90 Å². The number of hydrogen-bond acceptors (Lipinski definition) is 4. The standard InChI is InChI=1S/C15H18BrNO4/c1-15(2,3)21-14(19)17-6-5-9-7-11(16)10(8-12(9)17)13(18)20-4/h7-8H,5-6H2,1-4H3. The summed E-state index contributed by atoms with van der Waals surface area (Å²) < 4.78 is 10.8. The highest BCUT2D eigenvalue weighted by Crippen LogP contribution is 2.34. The highest BCUT2D eigenvalue weighted by molar-refractivity contribution is 9.10. The Morgan fingerprint density at radius 1 is 1.29 bits per heavy atom. The van der Waals surface area contributed by atoms with Crippen LogP contribution in [0.2, 0.25) is 0 Å². The summed E-state index contributed by atoms with van der Waals surface area (Å²) in [6.45, 7) is 6.01. The van der Waals surface area contributed by atoms with E-state index in [2.05, 4.69) is 15.9 Å². The number of amides is 1. The zero-order chi connectivity index (χ0) is 15.8. The first kappa shape index (κ1) is 15.8. The maximum Gasteiger partial charge on any atom is 0.414 e. The van der Waals surface area contributed by atoms with Gasteiger partial charge in [-0.2, -0.15) is 0 Å². The molecule has 1 aromatic rings. The lowest BCUT2D eigenvalue weighted by molar-refractivity contribution is 0.0576. The molecule has 0 atom stereocenters. The quantitative estimate of drug-likeness (QED) is 0.723. The Morgan fingerprint density at radius 3 is 2.52 bits per heavy atom. The predicted octanol–water partition coefficient (Wildman–Crippen LogP) is 3.53. The smallest absolute Gasteiger partial charge is 0.414 e. The number of carbonyl (C=O) groups is 2. The van der Waals surface area contributed by atoms with Crippen molar-refractivity contribution in [3.05, 3.63) is 27.7 Å². The van der Waals surface area contributed by atoms with Crippen LogP contribution in [0.5, 0.6) is 0 Å². The molecule has 1 aromatic carbocycles. The van der Waals surface area contributed by atoms with Crippen molar-refractivity contribution < 1.29 is 19.1 Å². The topological polar surface area (TPSA) is 55.8 Å². The van der Waals surface area contributed by atoms with Gasteiger partial charge in [-0.25, -0.2) is 9.59 Å². The minimum atomic E-state index is -0.555. The maximum atomic E-state index is 12.2. The van der Waals surface area contributed by atoms with E-state index in [1.807, 2.05) is 26.8 Å². The highest BCUT2D eigenvalue weighted by Gasteiger charge is 2.30. The molecular formula is C15H18BrNO4. The minimum Gasteiger partial charge on any atom is -0.465 e. The average molecular weight is 356 g/mol. The number of halogens is 1. The maximum absolute atomic E-state index is 12.2. The SMILES string of the molecule is COC(=O)c1cc2c(cc1Br)CCN2C(=O)OC(C)(C)C. The van der Waals surface area contributed by atoms with Crippen molar-refractivity contribution in [2.45, 2.75) is 32.8 Å². The largest absolute Gasteiger partial charge is 0.465 e. The number of nitrogens with zero attached hydrogens (tertiary/aromatic N) is 1. The molecule has 0 saturated carbocycles. The van der Waals surface area contributed by atoms with Gasteiger partial charge in [0.15, 0.2) is 0 Å². The van der Waals surface area contributed by atoms with Crippen LogP contribution in [0.15, 0.2) is 16.6 Å². The summed E-state index contributed by atoms with van der Waals surface area (Å²) in [5.74, 6) is -0.444. The monoisotopic (exact) mass is 355 g/mol. The fourth-order valence-corrected chi connectivity index (χ4v) is 2.73. The van der Waals surface area contributed by atoms with Gasteiger partial charge in [0, 0.05) is 11.0 Å². The van der Waals surface area contributed by atoms with Gasteiger partial charge in [-0.1, -0.05) is 0 Å². The average Bonchev–Trinajstić information content (AvgIpc) is 2.77. The summed E-state index contributed by atoms with van der Waals surface area (Å²) in [7, 11) is 1.33. The van der Waals surface area contributed by atoms with Crippen LogP contribution in [0.25, 0.3) is 0 Å². The van der Waals surface area contributed by atoms with Crippen molar-refractivity contribution in [3.8, 4) is 0 Å². The molecule has 0 bridgehead atoms. The Hall–Kier alpha value is -1.56. The number of esters is 1. The molecule has 1 amide bonds. The predicted molar refractivity (Wildman–Crippen MR) is 82.8 cm³/mol. The fourth-order valence-electron chi connectivity index (χ4n) is 2.18. The molecule has 0 radical (unpaired) electrons. The second-order valence-electron chi connectivity index (χ2n) is 5.83. The Labute approximate surface area is 132 Å². The molecule has 6 heteroatoms. The van der Waals surface area contributed by atoms with Crippen LogP contribution >= 0.6 is 15.9 Å². The first-order valence-corrected chi connectivity index (χ1v) is 7.43. The zero-order valence-corrected chi connectivity index (χ0v) is 14.1. The van der Waals surface area contributed by atoms with Gasteiger partial charge in [0.25, 0.3) is 0 Å². The molecule has 0 fully saturated rings. The molecule has 1 aliphatic rings. The van der Waals surface area contributed by atoms with E-state index in [4.69, 9.17) is 9.47 Å². The number of anilines is 1. The lowest BCUT2D eigenvalue weighted by Gasteiger charge is -2.25. The van der Waals surface area contributed by atoms with E-state index in [0.717, 1.165) is 12.0 Å².